The van der Waals surface area contributed by atoms with Crippen LogP contribution in [0.25, 0.3) is 0 Å². The molecular formula is C25H30N4O5. The molecule has 180 valence electrons. The van der Waals surface area contributed by atoms with Crippen molar-refractivity contribution in [2.45, 2.75) is 32.7 Å². The van der Waals surface area contributed by atoms with Gasteiger partial charge in [-0.2, -0.15) is 0 Å². The number of nitrogens with one attached hydrogen (secondary N) is 2. The number of carbonyl (C=O) groups is 5. The van der Waals surface area contributed by atoms with E-state index in [4.69, 9.17) is 0 Å². The summed E-state index contributed by atoms with van der Waals surface area (Å²) in [4.78, 5) is 65.4. The minimum absolute atomic E-state index is 0.0352. The molecule has 9 heteroatoms. The molecule has 4 amide bonds. The number of likely N-dealkylation sites (tertiary alicyclic amines) is 1. The molecule has 0 saturated carbocycles. The summed E-state index contributed by atoms with van der Waals surface area (Å²) in [5.74, 6) is -3.57. The van der Waals surface area contributed by atoms with Crippen molar-refractivity contribution in [2.75, 3.05) is 13.6 Å². The zero-order chi connectivity index (χ0) is 25.1. The van der Waals surface area contributed by atoms with E-state index in [0.717, 1.165) is 4.90 Å². The van der Waals surface area contributed by atoms with Crippen LogP contribution in [-0.4, -0.2) is 58.9 Å². The Hall–Kier alpha value is -3.88. The number of hydrogen-bond donors (Lipinski definition) is 2. The van der Waals surface area contributed by atoms with Crippen molar-refractivity contribution in [3.63, 3.8) is 0 Å². The molecule has 2 aromatic rings. The Morgan fingerprint density at radius 3 is 2.12 bits per heavy atom. The van der Waals surface area contributed by atoms with Gasteiger partial charge in [0.2, 0.25) is 17.7 Å². The maximum Gasteiger partial charge on any atom is 0.269 e. The topological polar surface area (TPSA) is 126 Å². The largest absolute Gasteiger partial charge is 0.350 e. The van der Waals surface area contributed by atoms with Gasteiger partial charge in [0.25, 0.3) is 5.91 Å². The number of rotatable bonds is 8. The summed E-state index contributed by atoms with van der Waals surface area (Å²) in [6.45, 7) is 3.57. The second-order valence-corrected chi connectivity index (χ2v) is 8.11. The predicted octanol–water partition coefficient (Wildman–Crippen LogP) is 1.60. The molecule has 2 atom stereocenters. The Balaban J connectivity index is 0.000000589. The lowest BCUT2D eigenvalue weighted by atomic mass is 9.90. The Morgan fingerprint density at radius 1 is 1.03 bits per heavy atom. The van der Waals surface area contributed by atoms with Crippen LogP contribution in [0.1, 0.15) is 37.2 Å². The summed E-state index contributed by atoms with van der Waals surface area (Å²) in [5, 5.41) is 5.20. The SMILES string of the molecule is CC(C)C(NC(=O)CCNC(=O)c1ccccn1)C(=O)C1CC(=O)N(C)C1=O.c1ccccc1. The molecule has 3 rings (SSSR count). The lowest BCUT2D eigenvalue weighted by Crippen LogP contribution is -2.48. The number of aromatic nitrogens is 1. The number of amides is 4. The molecule has 1 aliphatic heterocycles. The predicted molar refractivity (Wildman–Crippen MR) is 125 cm³/mol. The van der Waals surface area contributed by atoms with E-state index in [0.29, 0.717) is 0 Å². The molecule has 0 radical (unpaired) electrons. The zero-order valence-electron chi connectivity index (χ0n) is 19.6. The molecule has 2 heterocycles. The van der Waals surface area contributed by atoms with Crippen molar-refractivity contribution in [1.29, 1.82) is 0 Å². The molecule has 0 spiro atoms. The highest BCUT2D eigenvalue weighted by molar-refractivity contribution is 6.15. The minimum atomic E-state index is -1.06. The fraction of sp³-hybridized carbons (Fsp3) is 0.360. The highest BCUT2D eigenvalue weighted by atomic mass is 16.2. The lowest BCUT2D eigenvalue weighted by molar-refractivity contribution is -0.140. The fourth-order valence-corrected chi connectivity index (χ4v) is 3.27. The van der Waals surface area contributed by atoms with E-state index in [2.05, 4.69) is 15.6 Å². The molecule has 1 fully saturated rings. The van der Waals surface area contributed by atoms with E-state index in [9.17, 15) is 24.0 Å². The fourth-order valence-electron chi connectivity index (χ4n) is 3.27. The van der Waals surface area contributed by atoms with Crippen LogP contribution in [0, 0.1) is 11.8 Å². The van der Waals surface area contributed by atoms with Gasteiger partial charge in [-0.3, -0.25) is 33.9 Å². The monoisotopic (exact) mass is 466 g/mol. The lowest BCUT2D eigenvalue weighted by Gasteiger charge is -2.23. The second-order valence-electron chi connectivity index (χ2n) is 8.11. The van der Waals surface area contributed by atoms with Crippen molar-refractivity contribution in [3.8, 4) is 0 Å². The molecule has 0 bridgehead atoms. The molecule has 1 aromatic carbocycles. The van der Waals surface area contributed by atoms with Gasteiger partial charge in [0.05, 0.1) is 6.04 Å². The molecule has 2 N–H and O–H groups in total. The van der Waals surface area contributed by atoms with Crippen LogP contribution in [-0.2, 0) is 19.2 Å². The Bertz CT molecular complexity index is 968. The summed E-state index contributed by atoms with van der Waals surface area (Å²) in [7, 11) is 1.34. The first kappa shape index (κ1) is 26.4. The van der Waals surface area contributed by atoms with Crippen LogP contribution in [0.5, 0.6) is 0 Å². The number of benzene rings is 1. The van der Waals surface area contributed by atoms with Gasteiger partial charge in [0, 0.05) is 32.6 Å². The summed E-state index contributed by atoms with van der Waals surface area (Å²) < 4.78 is 0. The van der Waals surface area contributed by atoms with E-state index in [-0.39, 0.29) is 31.0 Å². The van der Waals surface area contributed by atoms with E-state index >= 15 is 0 Å². The van der Waals surface area contributed by atoms with Crippen LogP contribution in [0.4, 0.5) is 0 Å². The number of hydrogen-bond acceptors (Lipinski definition) is 6. The minimum Gasteiger partial charge on any atom is -0.350 e. The second kappa shape index (κ2) is 13.0. The quantitative estimate of drug-likeness (QED) is 0.450. The van der Waals surface area contributed by atoms with Gasteiger partial charge in [-0.25, -0.2) is 0 Å². The molecule has 1 saturated heterocycles. The normalized spacial score (nSPS) is 15.9. The summed E-state index contributed by atoms with van der Waals surface area (Å²) in [6, 6.07) is 16.0. The highest BCUT2D eigenvalue weighted by Crippen LogP contribution is 2.22. The molecule has 2 unspecified atom stereocenters. The smallest absolute Gasteiger partial charge is 0.269 e. The first-order chi connectivity index (χ1) is 16.2. The number of carbonyl (C=O) groups excluding carboxylic acids is 5. The van der Waals surface area contributed by atoms with Gasteiger partial charge in [0.15, 0.2) is 5.78 Å². The number of pyridine rings is 1. The highest BCUT2D eigenvalue weighted by Gasteiger charge is 2.44. The Morgan fingerprint density at radius 2 is 1.65 bits per heavy atom. The van der Waals surface area contributed by atoms with Crippen molar-refractivity contribution in [3.05, 3.63) is 66.5 Å². The van der Waals surface area contributed by atoms with Crippen LogP contribution in [0.3, 0.4) is 0 Å². The van der Waals surface area contributed by atoms with Crippen molar-refractivity contribution in [2.24, 2.45) is 11.8 Å². The van der Waals surface area contributed by atoms with E-state index in [1.54, 1.807) is 32.0 Å². The Kier molecular flexibility index (Phi) is 10.1. The zero-order valence-corrected chi connectivity index (χ0v) is 19.6. The van der Waals surface area contributed by atoms with Gasteiger partial charge in [-0.05, 0) is 18.1 Å². The van der Waals surface area contributed by atoms with Crippen LogP contribution < -0.4 is 10.6 Å². The summed E-state index contributed by atoms with van der Waals surface area (Å²) >= 11 is 0. The molecule has 1 aliphatic rings. The maximum atomic E-state index is 12.7. The first-order valence-electron chi connectivity index (χ1n) is 11.0. The molecule has 34 heavy (non-hydrogen) atoms. The van der Waals surface area contributed by atoms with Crippen LogP contribution >= 0.6 is 0 Å². The van der Waals surface area contributed by atoms with Gasteiger partial charge in [-0.1, -0.05) is 56.3 Å². The third-order valence-corrected chi connectivity index (χ3v) is 5.22. The third-order valence-electron chi connectivity index (χ3n) is 5.22. The Labute approximate surface area is 198 Å². The van der Waals surface area contributed by atoms with Crippen molar-refractivity contribution in [1.82, 2.24) is 20.5 Å². The van der Waals surface area contributed by atoms with Crippen LogP contribution in [0.2, 0.25) is 0 Å². The maximum absolute atomic E-state index is 12.7. The average Bonchev–Trinajstić information content (AvgIpc) is 3.11. The van der Waals surface area contributed by atoms with E-state index < -0.39 is 41.4 Å². The number of nitrogens with zero attached hydrogens (tertiary/aromatic N) is 2. The average molecular weight is 467 g/mol. The van der Waals surface area contributed by atoms with E-state index in [1.807, 2.05) is 36.4 Å². The van der Waals surface area contributed by atoms with E-state index in [1.165, 1.54) is 13.2 Å². The van der Waals surface area contributed by atoms with Crippen molar-refractivity contribution < 1.29 is 24.0 Å². The van der Waals surface area contributed by atoms with Gasteiger partial charge in [-0.15, -0.1) is 0 Å². The number of Topliss-reactive ketones (excluding diaryl/α,β-unsaturated/α-hetero) is 1. The molecular weight excluding hydrogens is 436 g/mol. The van der Waals surface area contributed by atoms with Crippen LogP contribution in [0.15, 0.2) is 60.8 Å². The molecule has 0 aliphatic carbocycles. The summed E-state index contributed by atoms with van der Waals surface area (Å²) in [5.41, 5.74) is 0.242. The van der Waals surface area contributed by atoms with Crippen molar-refractivity contribution >= 4 is 29.4 Å². The van der Waals surface area contributed by atoms with Gasteiger partial charge < -0.3 is 10.6 Å². The first-order valence-corrected chi connectivity index (χ1v) is 11.0. The number of imide groups is 1. The van der Waals surface area contributed by atoms with Gasteiger partial charge in [0.1, 0.15) is 11.6 Å². The molecule has 1 aromatic heterocycles. The summed E-state index contributed by atoms with van der Waals surface area (Å²) in [6.07, 6.45) is 1.28. The molecule has 9 nitrogen and oxygen atoms in total. The van der Waals surface area contributed by atoms with Gasteiger partial charge >= 0.3 is 0 Å². The number of ketones is 1. The third kappa shape index (κ3) is 7.61. The standard InChI is InChI=1S/C19H24N4O5.C6H6/c1-11(2)16(17(26)12-10-15(25)23(3)19(12)28)22-14(24)7-9-21-18(27)13-6-4-5-8-20-13;1-2-4-6-5-3-1/h4-6,8,11-12,16H,7,9-10H2,1-3H3,(H,21,27)(H,22,24);1-6H.